The molecular formula is C21H18N2O5S. The van der Waals surface area contributed by atoms with Crippen LogP contribution in [0, 0.1) is 0 Å². The van der Waals surface area contributed by atoms with E-state index >= 15 is 0 Å². The zero-order valence-electron chi connectivity index (χ0n) is 15.9. The second-order valence-corrected chi connectivity index (χ2v) is 7.57. The molecule has 1 amide bonds. The van der Waals surface area contributed by atoms with Gasteiger partial charge in [0.25, 0.3) is 0 Å². The number of carbonyl (C=O) groups is 1. The lowest BCUT2D eigenvalue weighted by Crippen LogP contribution is -2.22. The molecule has 0 aliphatic carbocycles. The molecule has 0 bridgehead atoms. The first-order chi connectivity index (χ1) is 14.2. The van der Waals surface area contributed by atoms with Crippen molar-refractivity contribution in [2.24, 2.45) is 0 Å². The summed E-state index contributed by atoms with van der Waals surface area (Å²) in [7, 11) is 3.22. The van der Waals surface area contributed by atoms with Gasteiger partial charge < -0.3 is 24.3 Å². The molecule has 2 aliphatic heterocycles. The number of methoxy groups -OCH3 is 2. The molecule has 148 valence electrons. The Kier molecular flexibility index (Phi) is 4.28. The molecule has 0 spiro atoms. The largest absolute Gasteiger partial charge is 0.497 e. The van der Waals surface area contributed by atoms with Gasteiger partial charge in [0.05, 0.1) is 24.8 Å². The quantitative estimate of drug-likeness (QED) is 0.700. The van der Waals surface area contributed by atoms with Gasteiger partial charge in [-0.3, -0.25) is 4.79 Å². The maximum absolute atomic E-state index is 12.5. The third kappa shape index (κ3) is 2.96. The lowest BCUT2D eigenvalue weighted by Gasteiger charge is -2.23. The molecule has 1 atom stereocenters. The van der Waals surface area contributed by atoms with E-state index < -0.39 is 0 Å². The Bertz CT molecular complexity index is 1090. The fraction of sp³-hybridized carbons (Fsp3) is 0.238. The van der Waals surface area contributed by atoms with Crippen LogP contribution in [0.5, 0.6) is 23.0 Å². The Morgan fingerprint density at radius 3 is 2.72 bits per heavy atom. The molecule has 0 unspecified atom stereocenters. The number of amides is 1. The molecule has 2 aromatic carbocycles. The number of nitrogens with zero attached hydrogens (tertiary/aromatic N) is 1. The van der Waals surface area contributed by atoms with E-state index in [1.165, 1.54) is 11.5 Å². The number of carbonyl (C=O) groups excluding carboxylic acids is 1. The molecule has 2 aliphatic rings. The number of fused-ring (bicyclic) bond motifs is 2. The van der Waals surface area contributed by atoms with E-state index in [0.29, 0.717) is 23.7 Å². The topological polar surface area (TPSA) is 78.9 Å². The average molecular weight is 410 g/mol. The van der Waals surface area contributed by atoms with Gasteiger partial charge in [0, 0.05) is 17.9 Å². The number of aromatic nitrogens is 1. The fourth-order valence-electron chi connectivity index (χ4n) is 3.70. The summed E-state index contributed by atoms with van der Waals surface area (Å²) in [4.78, 5) is 13.5. The normalized spacial score (nSPS) is 16.9. The highest BCUT2D eigenvalue weighted by atomic mass is 32.1. The number of benzene rings is 2. The third-order valence-electron chi connectivity index (χ3n) is 5.14. The number of ether oxygens (including phenoxy) is 4. The van der Waals surface area contributed by atoms with Crippen molar-refractivity contribution in [2.45, 2.75) is 12.3 Å². The molecule has 0 radical (unpaired) electrons. The van der Waals surface area contributed by atoms with E-state index in [9.17, 15) is 4.79 Å². The third-order valence-corrected chi connectivity index (χ3v) is 6.09. The minimum Gasteiger partial charge on any atom is -0.497 e. The summed E-state index contributed by atoms with van der Waals surface area (Å²) in [5.74, 6) is 2.42. The first kappa shape index (κ1) is 17.8. The van der Waals surface area contributed by atoms with E-state index in [0.717, 1.165) is 33.1 Å². The van der Waals surface area contributed by atoms with Crippen molar-refractivity contribution < 1.29 is 23.7 Å². The summed E-state index contributed by atoms with van der Waals surface area (Å²) >= 11 is 1.40. The second-order valence-electron chi connectivity index (χ2n) is 6.76. The van der Waals surface area contributed by atoms with Gasteiger partial charge in [-0.15, -0.1) is 0 Å². The van der Waals surface area contributed by atoms with Crippen LogP contribution >= 0.6 is 11.5 Å². The summed E-state index contributed by atoms with van der Waals surface area (Å²) < 4.78 is 26.4. The summed E-state index contributed by atoms with van der Waals surface area (Å²) in [6, 6.07) is 11.5. The number of nitrogens with one attached hydrogen (secondary N) is 1. The zero-order chi connectivity index (χ0) is 20.0. The summed E-state index contributed by atoms with van der Waals surface area (Å²) in [5, 5.41) is 3.01. The van der Waals surface area contributed by atoms with Gasteiger partial charge in [0.15, 0.2) is 11.5 Å². The highest BCUT2D eigenvalue weighted by molar-refractivity contribution is 7.07. The van der Waals surface area contributed by atoms with Crippen molar-refractivity contribution in [1.82, 2.24) is 4.37 Å². The minimum atomic E-state index is -0.133. The lowest BCUT2D eigenvalue weighted by molar-refractivity contribution is -0.116. The van der Waals surface area contributed by atoms with Gasteiger partial charge >= 0.3 is 0 Å². The number of rotatable bonds is 4. The standard InChI is InChI=1S/C21H18N2O5S/c1-25-13-5-3-11(4-6-13)18-19-21(29-23-18)14(9-17(24)22-19)12-7-15(26-2)20-16(8-12)27-10-28-20/h3-8,14H,9-10H2,1-2H3,(H,22,24)/t14-/m1/s1. The van der Waals surface area contributed by atoms with Crippen LogP contribution in [0.4, 0.5) is 5.69 Å². The molecule has 1 N–H and O–H groups in total. The van der Waals surface area contributed by atoms with E-state index in [4.69, 9.17) is 18.9 Å². The molecule has 7 nitrogen and oxygen atoms in total. The smallest absolute Gasteiger partial charge is 0.231 e. The Morgan fingerprint density at radius 2 is 1.97 bits per heavy atom. The summed E-state index contributed by atoms with van der Waals surface area (Å²) in [6.45, 7) is 0.160. The molecular weight excluding hydrogens is 392 g/mol. The van der Waals surface area contributed by atoms with E-state index in [-0.39, 0.29) is 18.6 Å². The van der Waals surface area contributed by atoms with Crippen LogP contribution in [0.3, 0.4) is 0 Å². The Balaban J connectivity index is 1.58. The lowest BCUT2D eigenvalue weighted by atomic mass is 9.89. The Labute approximate surface area is 171 Å². The molecule has 29 heavy (non-hydrogen) atoms. The van der Waals surface area contributed by atoms with Crippen LogP contribution in [0.1, 0.15) is 22.8 Å². The van der Waals surface area contributed by atoms with Crippen molar-refractivity contribution in [3.63, 3.8) is 0 Å². The van der Waals surface area contributed by atoms with Crippen molar-refractivity contribution >= 4 is 23.1 Å². The first-order valence-corrected chi connectivity index (χ1v) is 9.86. The average Bonchev–Trinajstić information content (AvgIpc) is 3.39. The van der Waals surface area contributed by atoms with Gasteiger partial charge in [0.2, 0.25) is 18.4 Å². The van der Waals surface area contributed by atoms with Crippen molar-refractivity contribution in [3.05, 3.63) is 46.8 Å². The van der Waals surface area contributed by atoms with Crippen LogP contribution in [0.25, 0.3) is 11.3 Å². The minimum absolute atomic E-state index is 0.0471. The Hall–Kier alpha value is -3.26. The molecule has 8 heteroatoms. The molecule has 0 fully saturated rings. The van der Waals surface area contributed by atoms with Gasteiger partial charge in [-0.25, -0.2) is 0 Å². The van der Waals surface area contributed by atoms with Gasteiger partial charge in [0.1, 0.15) is 11.4 Å². The highest BCUT2D eigenvalue weighted by Crippen LogP contribution is 2.49. The first-order valence-electron chi connectivity index (χ1n) is 9.09. The Morgan fingerprint density at radius 1 is 1.14 bits per heavy atom. The highest BCUT2D eigenvalue weighted by Gasteiger charge is 2.33. The molecule has 0 saturated carbocycles. The van der Waals surface area contributed by atoms with Crippen LogP contribution < -0.4 is 24.3 Å². The van der Waals surface area contributed by atoms with Crippen LogP contribution in [-0.2, 0) is 4.79 Å². The summed E-state index contributed by atoms with van der Waals surface area (Å²) in [6.07, 6.45) is 0.333. The van der Waals surface area contributed by atoms with Crippen LogP contribution in [-0.4, -0.2) is 31.3 Å². The van der Waals surface area contributed by atoms with Crippen LogP contribution in [0.2, 0.25) is 0 Å². The van der Waals surface area contributed by atoms with Crippen molar-refractivity contribution in [1.29, 1.82) is 0 Å². The molecule has 5 rings (SSSR count). The van der Waals surface area contributed by atoms with E-state index in [1.54, 1.807) is 14.2 Å². The SMILES string of the molecule is COc1ccc(-c2nsc3c2NC(=O)C[C@@H]3c2cc(OC)c3c(c2)OCO3)cc1. The number of hydrogen-bond acceptors (Lipinski definition) is 7. The predicted octanol–water partition coefficient (Wildman–Crippen LogP) is 4.03. The molecule has 3 aromatic rings. The fourth-order valence-corrected chi connectivity index (χ4v) is 4.67. The van der Waals surface area contributed by atoms with Crippen molar-refractivity contribution in [3.8, 4) is 34.3 Å². The maximum Gasteiger partial charge on any atom is 0.231 e. The van der Waals surface area contributed by atoms with Gasteiger partial charge in [-0.1, -0.05) is 0 Å². The number of anilines is 1. The monoisotopic (exact) mass is 410 g/mol. The molecule has 3 heterocycles. The van der Waals surface area contributed by atoms with Gasteiger partial charge in [-0.05, 0) is 53.5 Å². The molecule has 1 aromatic heterocycles. The van der Waals surface area contributed by atoms with E-state index in [1.807, 2.05) is 36.4 Å². The van der Waals surface area contributed by atoms with Gasteiger partial charge in [-0.2, -0.15) is 4.37 Å². The molecule has 0 saturated heterocycles. The van der Waals surface area contributed by atoms with E-state index in [2.05, 4.69) is 9.69 Å². The van der Waals surface area contributed by atoms with Crippen LogP contribution in [0.15, 0.2) is 36.4 Å². The maximum atomic E-state index is 12.5. The zero-order valence-corrected chi connectivity index (χ0v) is 16.7. The predicted molar refractivity (Wildman–Crippen MR) is 108 cm³/mol. The van der Waals surface area contributed by atoms with Crippen molar-refractivity contribution in [2.75, 3.05) is 26.3 Å². The second kappa shape index (κ2) is 6.97. The number of hydrogen-bond donors (Lipinski definition) is 1. The summed E-state index contributed by atoms with van der Waals surface area (Å²) in [5.41, 5.74) is 3.39.